The largest absolute Gasteiger partial charge is 0.489 e. The molecule has 2 heterocycles. The molecule has 202 valence electrons. The van der Waals surface area contributed by atoms with Crippen LogP contribution in [0.25, 0.3) is 10.9 Å². The normalized spacial score (nSPS) is 13.2. The van der Waals surface area contributed by atoms with Crippen LogP contribution in [0, 0.1) is 11.7 Å². The number of anilines is 1. The zero-order valence-electron chi connectivity index (χ0n) is 22.0. The minimum Gasteiger partial charge on any atom is -0.489 e. The van der Waals surface area contributed by atoms with Crippen molar-refractivity contribution in [3.63, 3.8) is 0 Å². The van der Waals surface area contributed by atoms with Crippen LogP contribution in [0.5, 0.6) is 28.7 Å². The van der Waals surface area contributed by atoms with Gasteiger partial charge in [0, 0.05) is 18.0 Å². The van der Waals surface area contributed by atoms with Crippen LogP contribution in [0.2, 0.25) is 0 Å². The van der Waals surface area contributed by atoms with E-state index in [4.69, 9.17) is 18.9 Å². The number of pyridine rings is 1. The molecule has 1 atom stereocenters. The van der Waals surface area contributed by atoms with Gasteiger partial charge in [-0.15, -0.1) is 0 Å². The lowest BCUT2D eigenvalue weighted by Gasteiger charge is -2.24. The molecule has 0 saturated carbocycles. The molecule has 9 heteroatoms. The van der Waals surface area contributed by atoms with Crippen LogP contribution in [0.15, 0.2) is 66.9 Å². The number of benzene rings is 3. The first-order chi connectivity index (χ1) is 18.9. The highest BCUT2D eigenvalue weighted by Crippen LogP contribution is 2.48. The van der Waals surface area contributed by atoms with Crippen molar-refractivity contribution in [1.82, 2.24) is 10.3 Å². The number of hydrogen-bond donors (Lipinski definition) is 2. The van der Waals surface area contributed by atoms with Crippen molar-refractivity contribution in [2.45, 2.75) is 26.8 Å². The minimum atomic E-state index is -0.375. The summed E-state index contributed by atoms with van der Waals surface area (Å²) < 4.78 is 37.3. The Morgan fingerprint density at radius 1 is 0.974 bits per heavy atom. The van der Waals surface area contributed by atoms with Crippen molar-refractivity contribution >= 4 is 22.6 Å². The van der Waals surface area contributed by atoms with Crippen LogP contribution >= 0.6 is 0 Å². The third-order valence-corrected chi connectivity index (χ3v) is 6.07. The van der Waals surface area contributed by atoms with Gasteiger partial charge in [0.25, 0.3) is 0 Å². The van der Waals surface area contributed by atoms with Crippen molar-refractivity contribution in [2.75, 3.05) is 25.1 Å². The average molecular weight is 532 g/mol. The zero-order valence-corrected chi connectivity index (χ0v) is 22.0. The summed E-state index contributed by atoms with van der Waals surface area (Å²) >= 11 is 0. The van der Waals surface area contributed by atoms with Crippen LogP contribution in [0.4, 0.5) is 14.9 Å². The number of carbonyl (C=O) groups excluding carboxylic acids is 1. The fourth-order valence-electron chi connectivity index (χ4n) is 4.15. The molecule has 0 saturated heterocycles. The Balaban J connectivity index is 1.31. The molecule has 8 nitrogen and oxygen atoms in total. The molecule has 3 aromatic carbocycles. The average Bonchev–Trinajstić information content (AvgIpc) is 2.93. The number of urea groups is 1. The maximum Gasteiger partial charge on any atom is 0.319 e. The van der Waals surface area contributed by atoms with Crippen LogP contribution in [0.1, 0.15) is 32.4 Å². The first-order valence-electron chi connectivity index (χ1n) is 12.8. The van der Waals surface area contributed by atoms with E-state index in [-0.39, 0.29) is 17.9 Å². The van der Waals surface area contributed by atoms with Crippen LogP contribution in [0.3, 0.4) is 0 Å². The summed E-state index contributed by atoms with van der Waals surface area (Å²) in [5.74, 6) is 2.85. The summed E-state index contributed by atoms with van der Waals surface area (Å²) in [6.07, 6.45) is 1.67. The van der Waals surface area contributed by atoms with Crippen molar-refractivity contribution in [3.05, 3.63) is 78.2 Å². The molecular weight excluding hydrogens is 501 g/mol. The van der Waals surface area contributed by atoms with Gasteiger partial charge in [0.1, 0.15) is 30.5 Å². The predicted octanol–water partition coefficient (Wildman–Crippen LogP) is 6.85. The fraction of sp³-hybridized carbons (Fsp3) is 0.267. The van der Waals surface area contributed by atoms with E-state index in [1.807, 2.05) is 13.0 Å². The molecule has 0 unspecified atom stereocenters. The van der Waals surface area contributed by atoms with E-state index in [0.29, 0.717) is 71.1 Å². The summed E-state index contributed by atoms with van der Waals surface area (Å²) in [6, 6.07) is 16.0. The van der Waals surface area contributed by atoms with Gasteiger partial charge in [-0.05, 0) is 60.9 Å². The van der Waals surface area contributed by atoms with Crippen molar-refractivity contribution in [1.29, 1.82) is 0 Å². The third-order valence-electron chi connectivity index (χ3n) is 6.07. The maximum atomic E-state index is 13.2. The van der Waals surface area contributed by atoms with Gasteiger partial charge in [0.15, 0.2) is 11.5 Å². The quantitative estimate of drug-likeness (QED) is 0.258. The number of rotatable bonds is 8. The first kappa shape index (κ1) is 26.1. The highest BCUT2D eigenvalue weighted by atomic mass is 19.1. The van der Waals surface area contributed by atoms with Gasteiger partial charge in [0.2, 0.25) is 5.75 Å². The molecule has 0 radical (unpaired) electrons. The Morgan fingerprint density at radius 3 is 2.41 bits per heavy atom. The summed E-state index contributed by atoms with van der Waals surface area (Å²) in [5.41, 5.74) is 2.06. The number of amides is 2. The number of nitrogens with zero attached hydrogens (tertiary/aromatic N) is 1. The molecule has 39 heavy (non-hydrogen) atoms. The summed E-state index contributed by atoms with van der Waals surface area (Å²) in [6.45, 7) is 7.37. The van der Waals surface area contributed by atoms with Crippen LogP contribution in [-0.2, 0) is 0 Å². The Morgan fingerprint density at radius 2 is 1.69 bits per heavy atom. The predicted molar refractivity (Wildman–Crippen MR) is 147 cm³/mol. The molecule has 0 aliphatic carbocycles. The van der Waals surface area contributed by atoms with Gasteiger partial charge in [-0.2, -0.15) is 0 Å². The molecule has 2 N–H and O–H groups in total. The summed E-state index contributed by atoms with van der Waals surface area (Å²) in [5, 5.41) is 6.34. The smallest absolute Gasteiger partial charge is 0.319 e. The summed E-state index contributed by atoms with van der Waals surface area (Å²) in [4.78, 5) is 17.0. The highest BCUT2D eigenvalue weighted by molar-refractivity contribution is 5.95. The number of carbonyl (C=O) groups is 1. The molecule has 1 aromatic heterocycles. The van der Waals surface area contributed by atoms with Gasteiger partial charge in [0.05, 0.1) is 23.6 Å². The molecule has 1 aliphatic heterocycles. The topological polar surface area (TPSA) is 90.9 Å². The highest BCUT2D eigenvalue weighted by Gasteiger charge is 2.25. The number of fused-ring (bicyclic) bond motifs is 3. The van der Waals surface area contributed by atoms with Gasteiger partial charge < -0.3 is 29.6 Å². The van der Waals surface area contributed by atoms with E-state index in [1.54, 1.807) is 48.7 Å². The molecular formula is C30H30FN3O5. The second-order valence-electron chi connectivity index (χ2n) is 9.64. The lowest BCUT2D eigenvalue weighted by Crippen LogP contribution is -2.31. The van der Waals surface area contributed by atoms with Gasteiger partial charge in [-0.25, -0.2) is 9.18 Å². The number of halogens is 1. The van der Waals surface area contributed by atoms with E-state index < -0.39 is 0 Å². The Bertz CT molecular complexity index is 1460. The molecule has 5 rings (SSSR count). The lowest BCUT2D eigenvalue weighted by atomic mass is 10.1. The molecule has 0 fully saturated rings. The maximum absolute atomic E-state index is 13.2. The second kappa shape index (κ2) is 11.5. The SMILES string of the molecule is CC(C)COc1cc2nccc(Oc3ccc(NC(=O)N[C@H](C)c4ccc(F)cc4)cc3)c2c2c1OCCO2. The number of hydrogen-bond acceptors (Lipinski definition) is 6. The van der Waals surface area contributed by atoms with Crippen LogP contribution in [-0.4, -0.2) is 30.8 Å². The van der Waals surface area contributed by atoms with Crippen LogP contribution < -0.4 is 29.6 Å². The van der Waals surface area contributed by atoms with Gasteiger partial charge in [-0.1, -0.05) is 26.0 Å². The van der Waals surface area contributed by atoms with Crippen molar-refractivity contribution in [3.8, 4) is 28.7 Å². The Kier molecular flexibility index (Phi) is 7.67. The second-order valence-corrected chi connectivity index (χ2v) is 9.64. The zero-order chi connectivity index (χ0) is 27.4. The number of ether oxygens (including phenoxy) is 4. The van der Waals surface area contributed by atoms with E-state index in [9.17, 15) is 9.18 Å². The monoisotopic (exact) mass is 531 g/mol. The number of aromatic nitrogens is 1. The Labute approximate surface area is 226 Å². The van der Waals surface area contributed by atoms with Crippen molar-refractivity contribution < 1.29 is 28.1 Å². The molecule has 0 bridgehead atoms. The molecule has 4 aromatic rings. The Hall–Kier alpha value is -4.53. The van der Waals surface area contributed by atoms with Gasteiger partial charge >= 0.3 is 6.03 Å². The fourth-order valence-corrected chi connectivity index (χ4v) is 4.15. The third kappa shape index (κ3) is 6.14. The number of nitrogens with one attached hydrogen (secondary N) is 2. The minimum absolute atomic E-state index is 0.290. The van der Waals surface area contributed by atoms with E-state index in [1.165, 1.54) is 12.1 Å². The lowest BCUT2D eigenvalue weighted by molar-refractivity contribution is 0.161. The molecule has 1 aliphatic rings. The molecule has 2 amide bonds. The van der Waals surface area contributed by atoms with E-state index in [0.717, 1.165) is 5.56 Å². The van der Waals surface area contributed by atoms with E-state index >= 15 is 0 Å². The first-order valence-corrected chi connectivity index (χ1v) is 12.8. The van der Waals surface area contributed by atoms with E-state index in [2.05, 4.69) is 29.5 Å². The summed E-state index contributed by atoms with van der Waals surface area (Å²) in [7, 11) is 0. The standard InChI is InChI=1S/C30H30FN3O5/c1-18(2)17-38-26-16-24-27(29-28(26)36-14-15-37-29)25(12-13-32-24)39-23-10-8-22(9-11-23)34-30(35)33-19(3)20-4-6-21(31)7-5-20/h4-13,16,18-19H,14-15,17H2,1-3H3,(H2,33,34,35)/t19-/m1/s1. The van der Waals surface area contributed by atoms with Gasteiger partial charge in [-0.3, -0.25) is 4.98 Å². The molecule has 0 spiro atoms. The van der Waals surface area contributed by atoms with Crippen molar-refractivity contribution in [2.24, 2.45) is 5.92 Å².